The lowest BCUT2D eigenvalue weighted by Crippen LogP contribution is -2.36. The fourth-order valence-corrected chi connectivity index (χ4v) is 3.75. The number of likely N-dealkylation sites (tertiary alicyclic amines) is 1. The number of nitriles is 1. The molecule has 23 heavy (non-hydrogen) atoms. The van der Waals surface area contributed by atoms with Crippen LogP contribution in [0.15, 0.2) is 33.6 Å². The molecule has 1 N–H and O–H groups in total. The number of hydrogen-bond acceptors (Lipinski definition) is 7. The van der Waals surface area contributed by atoms with Crippen molar-refractivity contribution in [2.75, 3.05) is 13.1 Å². The van der Waals surface area contributed by atoms with Crippen molar-refractivity contribution in [2.24, 2.45) is 0 Å². The molecule has 1 saturated heterocycles. The summed E-state index contributed by atoms with van der Waals surface area (Å²) in [6, 6.07) is 6.06. The zero-order chi connectivity index (χ0) is 16.4. The zero-order valence-corrected chi connectivity index (χ0v) is 13.2. The Balaban J connectivity index is 1.82. The first-order valence-corrected chi connectivity index (χ1v) is 8.54. The minimum Gasteiger partial charge on any atom is -0.421 e. The normalized spacial score (nSPS) is 18.1. The summed E-state index contributed by atoms with van der Waals surface area (Å²) >= 11 is 0. The molecule has 0 bridgehead atoms. The molecule has 0 saturated carbocycles. The van der Waals surface area contributed by atoms with Gasteiger partial charge in [0.1, 0.15) is 0 Å². The lowest BCUT2D eigenvalue weighted by molar-refractivity contribution is 0.470. The third kappa shape index (κ3) is 3.33. The van der Waals surface area contributed by atoms with E-state index in [0.29, 0.717) is 31.0 Å². The molecule has 1 unspecified atom stereocenters. The first-order valence-electron chi connectivity index (χ1n) is 7.05. The first-order chi connectivity index (χ1) is 11.0. The van der Waals surface area contributed by atoms with Gasteiger partial charge < -0.3 is 9.32 Å². The van der Waals surface area contributed by atoms with Gasteiger partial charge in [-0.25, -0.2) is 13.1 Å². The van der Waals surface area contributed by atoms with Crippen molar-refractivity contribution in [2.45, 2.75) is 24.3 Å². The molecule has 0 spiro atoms. The second kappa shape index (κ2) is 5.98. The van der Waals surface area contributed by atoms with Crippen LogP contribution < -0.4 is 4.72 Å². The summed E-state index contributed by atoms with van der Waals surface area (Å²) in [5.41, 5.74) is 0.540. The van der Waals surface area contributed by atoms with Crippen LogP contribution in [0.3, 0.4) is 0 Å². The maximum Gasteiger partial charge on any atom is 0.247 e. The highest BCUT2D eigenvalue weighted by atomic mass is 32.2. The topological polar surface area (TPSA) is 112 Å². The highest BCUT2D eigenvalue weighted by molar-refractivity contribution is 7.89. The predicted molar refractivity (Wildman–Crippen MR) is 80.4 cm³/mol. The van der Waals surface area contributed by atoms with Gasteiger partial charge in [-0.1, -0.05) is 6.07 Å². The zero-order valence-electron chi connectivity index (χ0n) is 12.4. The number of nitrogens with one attached hydrogen (secondary N) is 1. The van der Waals surface area contributed by atoms with Gasteiger partial charge in [0.2, 0.25) is 21.8 Å². The number of sulfonamides is 1. The van der Waals surface area contributed by atoms with Crippen molar-refractivity contribution in [1.29, 1.82) is 5.26 Å². The van der Waals surface area contributed by atoms with Crippen molar-refractivity contribution in [3.63, 3.8) is 0 Å². The third-order valence-electron chi connectivity index (χ3n) is 3.57. The van der Waals surface area contributed by atoms with Gasteiger partial charge in [-0.05, 0) is 24.6 Å². The summed E-state index contributed by atoms with van der Waals surface area (Å²) in [4.78, 5) is 1.66. The highest BCUT2D eigenvalue weighted by Crippen LogP contribution is 2.22. The van der Waals surface area contributed by atoms with Gasteiger partial charge in [0, 0.05) is 31.6 Å². The van der Waals surface area contributed by atoms with Gasteiger partial charge in [0.15, 0.2) is 6.19 Å². The van der Waals surface area contributed by atoms with Crippen LogP contribution in [0.1, 0.15) is 12.3 Å². The number of benzene rings is 1. The molecule has 1 aromatic carbocycles. The Morgan fingerprint density at radius 3 is 2.91 bits per heavy atom. The predicted octanol–water partition coefficient (Wildman–Crippen LogP) is 0.879. The lowest BCUT2D eigenvalue weighted by atomic mass is 10.2. The van der Waals surface area contributed by atoms with Crippen LogP contribution >= 0.6 is 0 Å². The van der Waals surface area contributed by atoms with E-state index in [0.717, 1.165) is 0 Å². The van der Waals surface area contributed by atoms with Gasteiger partial charge in [-0.3, -0.25) is 0 Å². The molecule has 8 nitrogen and oxygen atoms in total. The lowest BCUT2D eigenvalue weighted by Gasteiger charge is -2.13. The van der Waals surface area contributed by atoms with Crippen LogP contribution in [0.25, 0.3) is 11.5 Å². The van der Waals surface area contributed by atoms with Crippen LogP contribution in [0.5, 0.6) is 0 Å². The molecule has 1 atom stereocenters. The Labute approximate surface area is 133 Å². The van der Waals surface area contributed by atoms with Crippen molar-refractivity contribution in [1.82, 2.24) is 19.8 Å². The monoisotopic (exact) mass is 333 g/mol. The van der Waals surface area contributed by atoms with Gasteiger partial charge in [0.05, 0.1) is 4.90 Å². The molecule has 9 heteroatoms. The third-order valence-corrected chi connectivity index (χ3v) is 5.09. The van der Waals surface area contributed by atoms with Crippen LogP contribution in [-0.4, -0.2) is 42.6 Å². The quantitative estimate of drug-likeness (QED) is 0.826. The number of aromatic nitrogens is 2. The molecule has 1 aromatic heterocycles. The molecule has 2 heterocycles. The van der Waals surface area contributed by atoms with Crippen LogP contribution in [-0.2, 0) is 10.0 Å². The first kappa shape index (κ1) is 15.5. The molecular formula is C14H15N5O3S. The number of rotatable bonds is 4. The van der Waals surface area contributed by atoms with Crippen molar-refractivity contribution in [3.05, 3.63) is 30.2 Å². The van der Waals surface area contributed by atoms with Gasteiger partial charge in [0.25, 0.3) is 0 Å². The van der Waals surface area contributed by atoms with E-state index in [9.17, 15) is 8.42 Å². The summed E-state index contributed by atoms with van der Waals surface area (Å²) in [6.45, 7) is 2.61. The molecule has 2 aromatic rings. The standard InChI is InChI=1S/C14H15N5O3S/c1-10-16-17-14(22-10)11-3-2-4-13(7-11)23(20,21)18-12-5-6-19(8-12)9-15/h2-4,7,12,18H,5-6,8H2,1H3. The Hall–Kier alpha value is -2.44. The van der Waals surface area contributed by atoms with E-state index in [4.69, 9.17) is 9.68 Å². The summed E-state index contributed by atoms with van der Waals surface area (Å²) in [7, 11) is -3.67. The van der Waals surface area contributed by atoms with E-state index in [1.54, 1.807) is 19.1 Å². The summed E-state index contributed by atoms with van der Waals surface area (Å²) in [6.07, 6.45) is 2.63. The van der Waals surface area contributed by atoms with Crippen molar-refractivity contribution >= 4 is 10.0 Å². The Kier molecular flexibility index (Phi) is 4.02. The van der Waals surface area contributed by atoms with Crippen LogP contribution in [0.4, 0.5) is 0 Å². The molecule has 1 aliphatic heterocycles. The van der Waals surface area contributed by atoms with E-state index < -0.39 is 10.0 Å². The molecule has 0 aliphatic carbocycles. The average molecular weight is 333 g/mol. The Morgan fingerprint density at radius 1 is 1.43 bits per heavy atom. The Bertz CT molecular complexity index is 855. The van der Waals surface area contributed by atoms with Gasteiger partial charge >= 0.3 is 0 Å². The summed E-state index contributed by atoms with van der Waals surface area (Å²) < 4.78 is 32.9. The van der Waals surface area contributed by atoms with Gasteiger partial charge in [-0.2, -0.15) is 5.26 Å². The number of hydrogen-bond donors (Lipinski definition) is 1. The highest BCUT2D eigenvalue weighted by Gasteiger charge is 2.27. The van der Waals surface area contributed by atoms with Crippen molar-refractivity contribution < 1.29 is 12.8 Å². The maximum absolute atomic E-state index is 12.5. The smallest absolute Gasteiger partial charge is 0.247 e. The second-order valence-corrected chi connectivity index (χ2v) is 7.02. The fraction of sp³-hybridized carbons (Fsp3) is 0.357. The van der Waals surface area contributed by atoms with Crippen LogP contribution in [0, 0.1) is 18.4 Å². The second-order valence-electron chi connectivity index (χ2n) is 5.31. The molecule has 1 aliphatic rings. The van der Waals surface area contributed by atoms with E-state index in [1.807, 2.05) is 6.19 Å². The van der Waals surface area contributed by atoms with E-state index in [2.05, 4.69) is 14.9 Å². The summed E-state index contributed by atoms with van der Waals surface area (Å²) in [5.74, 6) is 0.685. The average Bonchev–Trinajstić information content (AvgIpc) is 3.16. The molecule has 1 fully saturated rings. The molecule has 120 valence electrons. The van der Waals surface area contributed by atoms with E-state index in [1.165, 1.54) is 17.0 Å². The molecular weight excluding hydrogens is 318 g/mol. The fourth-order valence-electron chi connectivity index (χ4n) is 2.44. The number of nitrogens with zero attached hydrogens (tertiary/aromatic N) is 4. The van der Waals surface area contributed by atoms with E-state index >= 15 is 0 Å². The van der Waals surface area contributed by atoms with Crippen LogP contribution in [0.2, 0.25) is 0 Å². The minimum absolute atomic E-state index is 0.126. The van der Waals surface area contributed by atoms with E-state index in [-0.39, 0.29) is 16.8 Å². The minimum atomic E-state index is -3.67. The van der Waals surface area contributed by atoms with Crippen molar-refractivity contribution in [3.8, 4) is 17.6 Å². The molecule has 0 radical (unpaired) electrons. The maximum atomic E-state index is 12.5. The molecule has 0 amide bonds. The number of aryl methyl sites for hydroxylation is 1. The SMILES string of the molecule is Cc1nnc(-c2cccc(S(=O)(=O)NC3CCN(C#N)C3)c2)o1. The largest absolute Gasteiger partial charge is 0.421 e. The Morgan fingerprint density at radius 2 is 2.26 bits per heavy atom. The summed E-state index contributed by atoms with van der Waals surface area (Å²) in [5, 5.41) is 16.5. The van der Waals surface area contributed by atoms with Gasteiger partial charge in [-0.15, -0.1) is 10.2 Å². The molecule has 3 rings (SSSR count).